The zero-order valence-corrected chi connectivity index (χ0v) is 21.5. The number of nitrogens with one attached hydrogen (secondary N) is 1. The fourth-order valence-electron chi connectivity index (χ4n) is 5.64. The van der Waals surface area contributed by atoms with Crippen molar-refractivity contribution in [1.82, 2.24) is 29.5 Å². The highest BCUT2D eigenvalue weighted by Crippen LogP contribution is 2.41. The van der Waals surface area contributed by atoms with E-state index in [-0.39, 0.29) is 17.7 Å². The van der Waals surface area contributed by atoms with Crippen molar-refractivity contribution in [3.8, 4) is 17.0 Å². The minimum atomic E-state index is -0.178. The summed E-state index contributed by atoms with van der Waals surface area (Å²) in [5.74, 6) is 0.705. The van der Waals surface area contributed by atoms with Crippen molar-refractivity contribution in [3.63, 3.8) is 0 Å². The molecule has 1 saturated carbocycles. The van der Waals surface area contributed by atoms with Gasteiger partial charge in [0.15, 0.2) is 17.2 Å². The lowest BCUT2D eigenvalue weighted by Crippen LogP contribution is -2.39. The van der Waals surface area contributed by atoms with Crippen LogP contribution in [0.5, 0.6) is 5.75 Å². The summed E-state index contributed by atoms with van der Waals surface area (Å²) in [5, 5.41) is 4.94. The van der Waals surface area contributed by atoms with Crippen molar-refractivity contribution in [2.45, 2.75) is 77.3 Å². The number of ether oxygens (including phenoxy) is 1. The topological polar surface area (TPSA) is 71.3 Å². The van der Waals surface area contributed by atoms with E-state index >= 15 is 4.39 Å². The summed E-state index contributed by atoms with van der Waals surface area (Å²) < 4.78 is 23.4. The van der Waals surface area contributed by atoms with Gasteiger partial charge in [-0.2, -0.15) is 5.10 Å². The van der Waals surface area contributed by atoms with Crippen LogP contribution in [0, 0.1) is 5.82 Å². The van der Waals surface area contributed by atoms with Gasteiger partial charge >= 0.3 is 0 Å². The maximum Gasteiger partial charge on any atom is 0.197 e. The maximum atomic E-state index is 16.2. The first-order valence-corrected chi connectivity index (χ1v) is 12.6. The van der Waals surface area contributed by atoms with E-state index in [0.717, 1.165) is 48.0 Å². The second kappa shape index (κ2) is 9.22. The average Bonchev–Trinajstić information content (AvgIpc) is 3.48. The second-order valence-corrected chi connectivity index (χ2v) is 10.4. The van der Waals surface area contributed by atoms with Crippen LogP contribution in [0.2, 0.25) is 0 Å². The molecular weight excluding hydrogens is 443 g/mol. The van der Waals surface area contributed by atoms with Gasteiger partial charge in [0.2, 0.25) is 0 Å². The number of methoxy groups -OCH3 is 1. The summed E-state index contributed by atoms with van der Waals surface area (Å²) >= 11 is 0. The summed E-state index contributed by atoms with van der Waals surface area (Å²) in [5.41, 5.74) is 4.67. The van der Waals surface area contributed by atoms with Crippen molar-refractivity contribution in [2.75, 3.05) is 14.2 Å². The summed E-state index contributed by atoms with van der Waals surface area (Å²) in [6.45, 7) is 8.66. The van der Waals surface area contributed by atoms with Gasteiger partial charge < -0.3 is 14.6 Å². The molecule has 0 amide bonds. The zero-order valence-electron chi connectivity index (χ0n) is 21.5. The van der Waals surface area contributed by atoms with Crippen LogP contribution in [0.4, 0.5) is 4.39 Å². The number of hydrogen-bond acceptors (Lipinski definition) is 5. The van der Waals surface area contributed by atoms with E-state index in [9.17, 15) is 0 Å². The lowest BCUT2D eigenvalue weighted by atomic mass is 9.82. The molecule has 0 atom stereocenters. The number of H-pyrrole nitrogens is 1. The first kappa shape index (κ1) is 23.7. The molecule has 5 rings (SSSR count). The molecule has 4 heterocycles. The van der Waals surface area contributed by atoms with Gasteiger partial charge in [0.1, 0.15) is 6.33 Å². The molecule has 0 spiro atoms. The zero-order chi connectivity index (χ0) is 24.9. The van der Waals surface area contributed by atoms with Crippen LogP contribution < -0.4 is 4.74 Å². The Morgan fingerprint density at radius 3 is 2.54 bits per heavy atom. The van der Waals surface area contributed by atoms with Crippen molar-refractivity contribution in [3.05, 3.63) is 41.9 Å². The van der Waals surface area contributed by atoms with Gasteiger partial charge in [-0.15, -0.1) is 0 Å². The second-order valence-electron chi connectivity index (χ2n) is 10.4. The van der Waals surface area contributed by atoms with Crippen LogP contribution in [0.15, 0.2) is 24.8 Å². The van der Waals surface area contributed by atoms with Gasteiger partial charge in [0.25, 0.3) is 0 Å². The van der Waals surface area contributed by atoms with Gasteiger partial charge in [-0.25, -0.2) is 13.9 Å². The van der Waals surface area contributed by atoms with E-state index in [1.165, 1.54) is 6.33 Å². The number of aromatic amines is 1. The van der Waals surface area contributed by atoms with Crippen molar-refractivity contribution < 1.29 is 9.13 Å². The number of hydrogen-bond donors (Lipinski definition) is 1. The lowest BCUT2D eigenvalue weighted by Gasteiger charge is -2.36. The largest absolute Gasteiger partial charge is 0.493 e. The molecule has 0 radical (unpaired) electrons. The Morgan fingerprint density at radius 1 is 1.14 bits per heavy atom. The Hall–Kier alpha value is -3.00. The lowest BCUT2D eigenvalue weighted by molar-refractivity contribution is 0.147. The Balaban J connectivity index is 1.56. The number of aromatic nitrogens is 5. The Kier molecular flexibility index (Phi) is 6.25. The van der Waals surface area contributed by atoms with Crippen LogP contribution in [0.25, 0.3) is 27.8 Å². The fourth-order valence-corrected chi connectivity index (χ4v) is 5.64. The molecule has 0 aliphatic heterocycles. The molecule has 1 fully saturated rings. The molecule has 1 aliphatic carbocycles. The number of halogens is 1. The minimum absolute atomic E-state index is 0.108. The molecule has 0 aromatic carbocycles. The number of pyridine rings is 2. The molecule has 0 bridgehead atoms. The SMILES string of the molecule is COc1cc(-c2[nH]c3cnc(C4CCC(N(C)C(C)C)CC4)c(F)c3c2C(C)C)cn2ncnc12. The average molecular weight is 479 g/mol. The molecule has 4 aromatic heterocycles. The molecule has 186 valence electrons. The molecule has 0 saturated heterocycles. The van der Waals surface area contributed by atoms with Gasteiger partial charge in [-0.1, -0.05) is 13.8 Å². The standard InChI is InChI=1S/C27H35FN6O/c1-15(2)22-23-20(32-25(22)18-11-21(35-6)27-30-14-31-34(27)13-18)12-29-26(24(23)28)17-7-9-19(10-8-17)33(5)16(3)4/h11-17,19,32H,7-10H2,1-6H3. The van der Waals surface area contributed by atoms with Crippen LogP contribution in [0.3, 0.4) is 0 Å². The predicted molar refractivity (Wildman–Crippen MR) is 137 cm³/mol. The first-order chi connectivity index (χ1) is 16.8. The van der Waals surface area contributed by atoms with Gasteiger partial charge in [-0.3, -0.25) is 4.98 Å². The summed E-state index contributed by atoms with van der Waals surface area (Å²) in [6, 6.07) is 3.01. The fraction of sp³-hybridized carbons (Fsp3) is 0.519. The third-order valence-corrected chi connectivity index (χ3v) is 7.75. The van der Waals surface area contributed by atoms with E-state index in [1.54, 1.807) is 17.8 Å². The molecular formula is C27H35FN6O. The van der Waals surface area contributed by atoms with Crippen molar-refractivity contribution >= 4 is 16.6 Å². The molecule has 1 aliphatic rings. The predicted octanol–water partition coefficient (Wildman–Crippen LogP) is 5.91. The van der Waals surface area contributed by atoms with Crippen molar-refractivity contribution in [1.29, 1.82) is 0 Å². The first-order valence-electron chi connectivity index (χ1n) is 12.6. The normalized spacial score (nSPS) is 19.0. The molecule has 7 nitrogen and oxygen atoms in total. The van der Waals surface area contributed by atoms with E-state index < -0.39 is 0 Å². The number of rotatable bonds is 6. The van der Waals surface area contributed by atoms with Crippen LogP contribution in [-0.2, 0) is 0 Å². The molecule has 8 heteroatoms. The Morgan fingerprint density at radius 2 is 1.89 bits per heavy atom. The maximum absolute atomic E-state index is 16.2. The Labute approximate surface area is 205 Å². The van der Waals surface area contributed by atoms with Gasteiger partial charge in [0.05, 0.1) is 30.2 Å². The molecule has 35 heavy (non-hydrogen) atoms. The molecule has 1 N–H and O–H groups in total. The van der Waals surface area contributed by atoms with E-state index in [2.05, 4.69) is 59.7 Å². The van der Waals surface area contributed by atoms with E-state index in [1.807, 2.05) is 12.3 Å². The third-order valence-electron chi connectivity index (χ3n) is 7.75. The van der Waals surface area contributed by atoms with Gasteiger partial charge in [-0.05, 0) is 64.1 Å². The highest BCUT2D eigenvalue weighted by atomic mass is 19.1. The summed E-state index contributed by atoms with van der Waals surface area (Å²) in [6.07, 6.45) is 9.29. The Bertz CT molecular complexity index is 1350. The number of nitrogens with zero attached hydrogens (tertiary/aromatic N) is 5. The third kappa shape index (κ3) is 4.07. The van der Waals surface area contributed by atoms with Crippen LogP contribution in [-0.4, -0.2) is 55.7 Å². The highest BCUT2D eigenvalue weighted by Gasteiger charge is 2.30. The molecule has 4 aromatic rings. The minimum Gasteiger partial charge on any atom is -0.493 e. The van der Waals surface area contributed by atoms with Crippen LogP contribution in [0.1, 0.15) is 76.5 Å². The summed E-state index contributed by atoms with van der Waals surface area (Å²) in [7, 11) is 3.81. The molecule has 0 unspecified atom stereocenters. The quantitative estimate of drug-likeness (QED) is 0.373. The smallest absolute Gasteiger partial charge is 0.197 e. The van der Waals surface area contributed by atoms with Crippen LogP contribution >= 0.6 is 0 Å². The monoisotopic (exact) mass is 478 g/mol. The summed E-state index contributed by atoms with van der Waals surface area (Å²) in [4.78, 5) is 14.8. The highest BCUT2D eigenvalue weighted by molar-refractivity contribution is 5.92. The van der Waals surface area contributed by atoms with Gasteiger partial charge in [0, 0.05) is 35.1 Å². The van der Waals surface area contributed by atoms with E-state index in [4.69, 9.17) is 4.74 Å². The van der Waals surface area contributed by atoms with E-state index in [0.29, 0.717) is 34.6 Å². The number of fused-ring (bicyclic) bond motifs is 2. The van der Waals surface area contributed by atoms with Crippen molar-refractivity contribution in [2.24, 2.45) is 0 Å².